The molecule has 1 heterocycles. The number of rotatable bonds is 2. The fraction of sp³-hybridized carbons (Fsp3) is 0.333. The van der Waals surface area contributed by atoms with Gasteiger partial charge in [0.2, 0.25) is 0 Å². The molecule has 2 rings (SSSR count). The molecule has 1 atom stereocenters. The van der Waals surface area contributed by atoms with Crippen molar-refractivity contribution in [3.63, 3.8) is 0 Å². The number of hydrogen-bond acceptors (Lipinski definition) is 3. The largest absolute Gasteiger partial charge is 0.479 e. The van der Waals surface area contributed by atoms with Crippen LogP contribution in [0.25, 0.3) is 0 Å². The lowest BCUT2D eigenvalue weighted by Gasteiger charge is -2.31. The van der Waals surface area contributed by atoms with Crippen LogP contribution in [-0.4, -0.2) is 47.8 Å². The lowest BCUT2D eigenvalue weighted by atomic mass is 10.3. The summed E-state index contributed by atoms with van der Waals surface area (Å²) in [6.45, 7) is 0.571. The summed E-state index contributed by atoms with van der Waals surface area (Å²) in [5.41, 5.74) is 0.585. The van der Waals surface area contributed by atoms with E-state index in [0.29, 0.717) is 21.2 Å². The normalized spacial score (nSPS) is 18.4. The van der Waals surface area contributed by atoms with Crippen LogP contribution in [0.4, 0.5) is 10.5 Å². The summed E-state index contributed by atoms with van der Waals surface area (Å²) < 4.78 is 7.36. The number of ether oxygens (including phenoxy) is 1. The predicted octanol–water partition coefficient (Wildman–Crippen LogP) is 3.29. The van der Waals surface area contributed by atoms with Crippen LogP contribution in [0, 0.1) is 0 Å². The van der Waals surface area contributed by atoms with Crippen molar-refractivity contribution in [3.8, 4) is 0 Å². The van der Waals surface area contributed by atoms with Crippen molar-refractivity contribution in [3.05, 3.63) is 25.6 Å². The summed E-state index contributed by atoms with van der Waals surface area (Å²) in [7, 11) is 0. The molecule has 114 valence electrons. The summed E-state index contributed by atoms with van der Waals surface area (Å²) in [6.07, 6.45) is -0.985. The Morgan fingerprint density at radius 2 is 1.90 bits per heavy atom. The van der Waals surface area contributed by atoms with Crippen molar-refractivity contribution in [2.75, 3.05) is 25.0 Å². The predicted molar refractivity (Wildman–Crippen MR) is 87.5 cm³/mol. The van der Waals surface area contributed by atoms with Crippen LogP contribution in [-0.2, 0) is 9.53 Å². The number of anilines is 1. The van der Waals surface area contributed by atoms with E-state index in [4.69, 9.17) is 9.84 Å². The van der Waals surface area contributed by atoms with Gasteiger partial charge in [-0.3, -0.25) is 0 Å². The van der Waals surface area contributed by atoms with Crippen LogP contribution in [0.15, 0.2) is 25.6 Å². The summed E-state index contributed by atoms with van der Waals surface area (Å²) in [5, 5.41) is 11.7. The van der Waals surface area contributed by atoms with E-state index in [1.165, 1.54) is 4.90 Å². The molecule has 1 aliphatic rings. The molecular weight excluding hydrogens is 476 g/mol. The van der Waals surface area contributed by atoms with E-state index in [2.05, 4.69) is 53.1 Å². The molecule has 1 aromatic carbocycles. The van der Waals surface area contributed by atoms with Gasteiger partial charge in [-0.15, -0.1) is 0 Å². The number of urea groups is 1. The van der Waals surface area contributed by atoms with Crippen molar-refractivity contribution in [2.45, 2.75) is 6.10 Å². The van der Waals surface area contributed by atoms with Crippen molar-refractivity contribution >= 4 is 65.5 Å². The SMILES string of the molecule is O=C(O)C1CN(C(=O)Nc2c(Br)cc(Br)cc2Br)CCO1. The molecule has 0 bridgehead atoms. The van der Waals surface area contributed by atoms with E-state index >= 15 is 0 Å². The maximum Gasteiger partial charge on any atom is 0.334 e. The first-order valence-corrected chi connectivity index (χ1v) is 8.31. The van der Waals surface area contributed by atoms with Crippen LogP contribution < -0.4 is 5.32 Å². The second-order valence-corrected chi connectivity index (χ2v) is 6.94. The Labute approximate surface area is 146 Å². The molecule has 1 aromatic rings. The zero-order chi connectivity index (χ0) is 15.6. The topological polar surface area (TPSA) is 78.9 Å². The maximum absolute atomic E-state index is 12.2. The molecule has 1 unspecified atom stereocenters. The zero-order valence-corrected chi connectivity index (χ0v) is 15.4. The van der Waals surface area contributed by atoms with Gasteiger partial charge in [0.15, 0.2) is 6.10 Å². The van der Waals surface area contributed by atoms with E-state index < -0.39 is 12.1 Å². The average Bonchev–Trinajstić information content (AvgIpc) is 2.42. The summed E-state index contributed by atoms with van der Waals surface area (Å²) in [4.78, 5) is 24.6. The number of carboxylic acid groups (broad SMARTS) is 1. The Bertz CT molecular complexity index is 559. The highest BCUT2D eigenvalue weighted by molar-refractivity contribution is 9.11. The van der Waals surface area contributed by atoms with Gasteiger partial charge in [-0.1, -0.05) is 15.9 Å². The van der Waals surface area contributed by atoms with Crippen molar-refractivity contribution in [1.82, 2.24) is 4.90 Å². The zero-order valence-electron chi connectivity index (χ0n) is 10.6. The highest BCUT2D eigenvalue weighted by Gasteiger charge is 2.29. The molecule has 0 radical (unpaired) electrons. The van der Waals surface area contributed by atoms with Gasteiger partial charge in [0.25, 0.3) is 0 Å². The van der Waals surface area contributed by atoms with E-state index in [0.717, 1.165) is 4.47 Å². The average molecular weight is 487 g/mol. The molecule has 6 nitrogen and oxygen atoms in total. The number of carboxylic acids is 1. The Hall–Kier alpha value is -0.640. The highest BCUT2D eigenvalue weighted by Crippen LogP contribution is 2.34. The van der Waals surface area contributed by atoms with Crippen LogP contribution >= 0.6 is 47.8 Å². The second kappa shape index (κ2) is 7.08. The van der Waals surface area contributed by atoms with Crippen molar-refractivity contribution in [1.29, 1.82) is 0 Å². The third-order valence-electron chi connectivity index (χ3n) is 2.87. The highest BCUT2D eigenvalue weighted by atomic mass is 79.9. The number of halogens is 3. The minimum atomic E-state index is -1.07. The molecule has 1 fully saturated rings. The quantitative estimate of drug-likeness (QED) is 0.672. The van der Waals surface area contributed by atoms with Gasteiger partial charge in [0.1, 0.15) is 0 Å². The smallest absolute Gasteiger partial charge is 0.334 e. The van der Waals surface area contributed by atoms with E-state index in [9.17, 15) is 9.59 Å². The van der Waals surface area contributed by atoms with Crippen molar-refractivity contribution in [2.24, 2.45) is 0 Å². The Balaban J connectivity index is 2.10. The van der Waals surface area contributed by atoms with Crippen LogP contribution in [0.1, 0.15) is 0 Å². The van der Waals surface area contributed by atoms with Crippen LogP contribution in [0.5, 0.6) is 0 Å². The summed E-state index contributed by atoms with van der Waals surface area (Å²) in [5.74, 6) is -1.07. The van der Waals surface area contributed by atoms with E-state index in [1.807, 2.05) is 0 Å². The summed E-state index contributed by atoms with van der Waals surface area (Å²) >= 11 is 10.1. The molecule has 2 amide bonds. The molecule has 1 saturated heterocycles. The third kappa shape index (κ3) is 4.18. The molecule has 0 spiro atoms. The first-order valence-electron chi connectivity index (χ1n) is 5.93. The number of aliphatic carboxylic acids is 1. The number of morpholine rings is 1. The number of hydrogen-bond donors (Lipinski definition) is 2. The van der Waals surface area contributed by atoms with Gasteiger partial charge in [0.05, 0.1) is 18.8 Å². The van der Waals surface area contributed by atoms with Gasteiger partial charge >= 0.3 is 12.0 Å². The fourth-order valence-corrected chi connectivity index (χ4v) is 4.29. The Morgan fingerprint density at radius 1 is 1.29 bits per heavy atom. The molecule has 9 heteroatoms. The van der Waals surface area contributed by atoms with E-state index in [-0.39, 0.29) is 19.2 Å². The number of benzene rings is 1. The maximum atomic E-state index is 12.2. The van der Waals surface area contributed by atoms with Crippen LogP contribution in [0.3, 0.4) is 0 Å². The number of carbonyl (C=O) groups excluding carboxylic acids is 1. The van der Waals surface area contributed by atoms with Gasteiger partial charge in [-0.2, -0.15) is 0 Å². The minimum Gasteiger partial charge on any atom is -0.479 e. The van der Waals surface area contributed by atoms with E-state index in [1.54, 1.807) is 12.1 Å². The lowest BCUT2D eigenvalue weighted by Crippen LogP contribution is -2.50. The van der Waals surface area contributed by atoms with Crippen LogP contribution in [0.2, 0.25) is 0 Å². The minimum absolute atomic E-state index is 0.0208. The van der Waals surface area contributed by atoms with Gasteiger partial charge in [0, 0.05) is 20.0 Å². The van der Waals surface area contributed by atoms with Gasteiger partial charge in [-0.25, -0.2) is 9.59 Å². The van der Waals surface area contributed by atoms with Gasteiger partial charge < -0.3 is 20.1 Å². The molecule has 0 aromatic heterocycles. The molecule has 0 aliphatic carbocycles. The Kier molecular flexibility index (Phi) is 5.64. The molecule has 21 heavy (non-hydrogen) atoms. The monoisotopic (exact) mass is 484 g/mol. The number of amides is 2. The molecule has 2 N–H and O–H groups in total. The van der Waals surface area contributed by atoms with Gasteiger partial charge in [-0.05, 0) is 44.0 Å². The lowest BCUT2D eigenvalue weighted by molar-refractivity contribution is -0.154. The summed E-state index contributed by atoms with van der Waals surface area (Å²) in [6, 6.07) is 3.24. The first kappa shape index (κ1) is 16.7. The first-order chi connectivity index (χ1) is 9.88. The molecular formula is C12H11Br3N2O4. The Morgan fingerprint density at radius 3 is 2.48 bits per heavy atom. The number of carbonyl (C=O) groups is 2. The van der Waals surface area contributed by atoms with Crippen molar-refractivity contribution < 1.29 is 19.4 Å². The number of nitrogens with one attached hydrogen (secondary N) is 1. The standard InChI is InChI=1S/C12H11Br3N2O4/c13-6-3-7(14)10(8(15)4-6)16-12(20)17-1-2-21-9(5-17)11(18)19/h3-4,9H,1-2,5H2,(H,16,20)(H,18,19). The second-order valence-electron chi connectivity index (χ2n) is 4.32. The fourth-order valence-electron chi connectivity index (χ4n) is 1.83. The molecule has 1 aliphatic heterocycles. The number of nitrogens with zero attached hydrogens (tertiary/aromatic N) is 1. The third-order valence-corrected chi connectivity index (χ3v) is 4.58. The molecule has 0 saturated carbocycles.